The molecule has 0 fully saturated rings. The molecule has 0 atom stereocenters. The van der Waals surface area contributed by atoms with Gasteiger partial charge in [-0.1, -0.05) is 24.3 Å². The minimum absolute atomic E-state index is 0.0335. The van der Waals surface area contributed by atoms with Crippen molar-refractivity contribution >= 4 is 16.9 Å². The van der Waals surface area contributed by atoms with Crippen molar-refractivity contribution in [3.05, 3.63) is 58.3 Å². The number of nitrogens with zero attached hydrogens (tertiary/aromatic N) is 1. The first-order valence-corrected chi connectivity index (χ1v) is 8.09. The maximum atomic E-state index is 12.2. The average Bonchev–Trinajstić information content (AvgIpc) is 2.62. The number of phenolic OH excluding ortho intramolecular Hbond substituents is 2. The number of benzene rings is 2. The van der Waals surface area contributed by atoms with E-state index in [9.17, 15) is 15.0 Å². The summed E-state index contributed by atoms with van der Waals surface area (Å²) in [7, 11) is 0. The van der Waals surface area contributed by atoms with Crippen LogP contribution in [0, 0.1) is 0 Å². The molecule has 7 heteroatoms. The van der Waals surface area contributed by atoms with Crippen LogP contribution >= 0.6 is 0 Å². The Morgan fingerprint density at radius 2 is 1.81 bits per heavy atom. The third-order valence-corrected chi connectivity index (χ3v) is 4.01. The van der Waals surface area contributed by atoms with Gasteiger partial charge in [-0.3, -0.25) is 9.79 Å². The molecule has 0 radical (unpaired) electrons. The first-order chi connectivity index (χ1) is 12.5. The predicted molar refractivity (Wildman–Crippen MR) is 100 cm³/mol. The molecule has 0 aliphatic carbocycles. The molecule has 134 valence electrons. The fourth-order valence-corrected chi connectivity index (χ4v) is 2.66. The highest BCUT2D eigenvalue weighted by Gasteiger charge is 2.13. The van der Waals surface area contributed by atoms with Crippen molar-refractivity contribution < 1.29 is 14.6 Å². The van der Waals surface area contributed by atoms with Crippen molar-refractivity contribution in [2.75, 3.05) is 6.54 Å². The molecule has 3 aromatic rings. The molecule has 0 amide bonds. The smallest absolute Gasteiger partial charge is 0.201 e. The third kappa shape index (κ3) is 3.61. The van der Waals surface area contributed by atoms with Crippen molar-refractivity contribution in [1.29, 1.82) is 0 Å². The fourth-order valence-electron chi connectivity index (χ4n) is 2.66. The lowest BCUT2D eigenvalue weighted by Crippen LogP contribution is -2.23. The first kappa shape index (κ1) is 17.3. The Morgan fingerprint density at radius 1 is 1.08 bits per heavy atom. The average molecular weight is 353 g/mol. The number of rotatable bonds is 5. The van der Waals surface area contributed by atoms with Crippen LogP contribution in [0.2, 0.25) is 0 Å². The molecule has 0 saturated carbocycles. The molecule has 0 unspecified atom stereocenters. The molecule has 3 rings (SSSR count). The summed E-state index contributed by atoms with van der Waals surface area (Å²) in [4.78, 5) is 16.2. The molecule has 0 spiro atoms. The molecule has 0 saturated heterocycles. The number of phenols is 2. The van der Waals surface area contributed by atoms with Gasteiger partial charge in [0, 0.05) is 18.2 Å². The van der Waals surface area contributed by atoms with E-state index in [-0.39, 0.29) is 28.1 Å². The number of hydrogen-bond acceptors (Lipinski definition) is 5. The van der Waals surface area contributed by atoms with Crippen molar-refractivity contribution in [3.63, 3.8) is 0 Å². The number of aryl methyl sites for hydroxylation is 1. The number of aromatic hydroxyl groups is 2. The van der Waals surface area contributed by atoms with Crippen molar-refractivity contribution in [2.45, 2.75) is 12.8 Å². The van der Waals surface area contributed by atoms with Gasteiger partial charge in [-0.2, -0.15) is 0 Å². The minimum Gasteiger partial charge on any atom is -0.504 e. The summed E-state index contributed by atoms with van der Waals surface area (Å²) in [6.45, 7) is 0.562. The predicted octanol–water partition coefficient (Wildman–Crippen LogP) is 2.08. The van der Waals surface area contributed by atoms with E-state index >= 15 is 0 Å². The van der Waals surface area contributed by atoms with Gasteiger partial charge in [0.15, 0.2) is 22.7 Å². The number of hydrogen-bond donors (Lipinski definition) is 4. The SMILES string of the molecule is NC(N)=NCCCc1ccc(-c2cc(=O)c3ccc(O)c(O)c3o2)cc1. The van der Waals surface area contributed by atoms with E-state index in [0.717, 1.165) is 18.4 Å². The van der Waals surface area contributed by atoms with Crippen molar-refractivity contribution in [2.24, 2.45) is 16.5 Å². The van der Waals surface area contributed by atoms with Crippen LogP contribution in [0.4, 0.5) is 0 Å². The third-order valence-electron chi connectivity index (χ3n) is 4.01. The lowest BCUT2D eigenvalue weighted by molar-refractivity contribution is 0.400. The van der Waals surface area contributed by atoms with Crippen LogP contribution in [-0.2, 0) is 6.42 Å². The zero-order valence-corrected chi connectivity index (χ0v) is 14.0. The van der Waals surface area contributed by atoms with Crippen LogP contribution in [0.1, 0.15) is 12.0 Å². The maximum Gasteiger partial charge on any atom is 0.201 e. The van der Waals surface area contributed by atoms with E-state index < -0.39 is 5.75 Å². The van der Waals surface area contributed by atoms with Crippen LogP contribution in [-0.4, -0.2) is 22.7 Å². The maximum absolute atomic E-state index is 12.2. The van der Waals surface area contributed by atoms with Crippen LogP contribution < -0.4 is 16.9 Å². The highest BCUT2D eigenvalue weighted by atomic mass is 16.4. The molecule has 0 bridgehead atoms. The van der Waals surface area contributed by atoms with Gasteiger partial charge < -0.3 is 26.1 Å². The largest absolute Gasteiger partial charge is 0.504 e. The molecule has 1 heterocycles. The van der Waals surface area contributed by atoms with Crippen LogP contribution in [0.3, 0.4) is 0 Å². The fraction of sp³-hybridized carbons (Fsp3) is 0.158. The number of fused-ring (bicyclic) bond motifs is 1. The summed E-state index contributed by atoms with van der Waals surface area (Å²) < 4.78 is 5.65. The Morgan fingerprint density at radius 3 is 2.50 bits per heavy atom. The van der Waals surface area contributed by atoms with E-state index in [2.05, 4.69) is 4.99 Å². The Bertz CT molecular complexity index is 1020. The highest BCUT2D eigenvalue weighted by molar-refractivity contribution is 5.86. The Labute approximate surface area is 149 Å². The van der Waals surface area contributed by atoms with Crippen molar-refractivity contribution in [3.8, 4) is 22.8 Å². The lowest BCUT2D eigenvalue weighted by atomic mass is 10.1. The first-order valence-electron chi connectivity index (χ1n) is 8.09. The molecule has 7 nitrogen and oxygen atoms in total. The molecule has 6 N–H and O–H groups in total. The molecule has 1 aromatic heterocycles. The van der Waals surface area contributed by atoms with Crippen LogP contribution in [0.15, 0.2) is 56.7 Å². The summed E-state index contributed by atoms with van der Waals surface area (Å²) in [6, 6.07) is 11.6. The topological polar surface area (TPSA) is 135 Å². The van der Waals surface area contributed by atoms with Gasteiger partial charge in [0.1, 0.15) is 5.76 Å². The number of guanidine groups is 1. The van der Waals surface area contributed by atoms with E-state index in [1.165, 1.54) is 18.2 Å². The molecular formula is C19H19N3O4. The molecular weight excluding hydrogens is 334 g/mol. The quantitative estimate of drug-likeness (QED) is 0.240. The zero-order chi connectivity index (χ0) is 18.7. The highest BCUT2D eigenvalue weighted by Crippen LogP contribution is 2.34. The second kappa shape index (κ2) is 7.18. The van der Waals surface area contributed by atoms with Crippen molar-refractivity contribution in [1.82, 2.24) is 0 Å². The molecule has 26 heavy (non-hydrogen) atoms. The summed E-state index contributed by atoms with van der Waals surface area (Å²) in [5, 5.41) is 19.8. The summed E-state index contributed by atoms with van der Waals surface area (Å²) in [5.41, 5.74) is 12.0. The zero-order valence-electron chi connectivity index (χ0n) is 14.0. The van der Waals surface area contributed by atoms with Crippen LogP contribution in [0.25, 0.3) is 22.3 Å². The minimum atomic E-state index is -0.446. The van der Waals surface area contributed by atoms with E-state index in [1.807, 2.05) is 24.3 Å². The second-order valence-electron chi connectivity index (χ2n) is 5.89. The van der Waals surface area contributed by atoms with E-state index in [4.69, 9.17) is 15.9 Å². The Hall–Kier alpha value is -3.48. The van der Waals surface area contributed by atoms with Crippen LogP contribution in [0.5, 0.6) is 11.5 Å². The monoisotopic (exact) mass is 353 g/mol. The van der Waals surface area contributed by atoms with Gasteiger partial charge in [-0.05, 0) is 30.5 Å². The molecule has 0 aliphatic rings. The Balaban J connectivity index is 1.86. The van der Waals surface area contributed by atoms with E-state index in [0.29, 0.717) is 17.9 Å². The van der Waals surface area contributed by atoms with Gasteiger partial charge in [-0.15, -0.1) is 0 Å². The molecule has 0 aliphatic heterocycles. The van der Waals surface area contributed by atoms with Gasteiger partial charge in [-0.25, -0.2) is 0 Å². The van der Waals surface area contributed by atoms with Gasteiger partial charge in [0.25, 0.3) is 0 Å². The standard InChI is InChI=1S/C19H19N3O4/c20-19(21)22-9-1-2-11-3-5-12(6-4-11)16-10-15(24)13-7-8-14(23)17(25)18(13)26-16/h3-8,10,23,25H,1-2,9H2,(H4,20,21,22). The Kier molecular flexibility index (Phi) is 4.79. The number of nitrogens with two attached hydrogens (primary N) is 2. The lowest BCUT2D eigenvalue weighted by Gasteiger charge is -2.07. The number of aliphatic imine (C=N–C) groups is 1. The molecule has 2 aromatic carbocycles. The summed E-state index contributed by atoms with van der Waals surface area (Å²) >= 11 is 0. The van der Waals surface area contributed by atoms with Gasteiger partial charge in [0.2, 0.25) is 5.75 Å². The summed E-state index contributed by atoms with van der Waals surface area (Å²) in [5.74, 6) is -0.386. The van der Waals surface area contributed by atoms with Gasteiger partial charge in [0.05, 0.1) is 5.39 Å². The summed E-state index contributed by atoms with van der Waals surface area (Å²) in [6.07, 6.45) is 1.63. The van der Waals surface area contributed by atoms with E-state index in [1.54, 1.807) is 0 Å². The van der Waals surface area contributed by atoms with Gasteiger partial charge >= 0.3 is 0 Å². The second-order valence-corrected chi connectivity index (χ2v) is 5.89. The normalized spacial score (nSPS) is 10.8.